The predicted molar refractivity (Wildman–Crippen MR) is 75.8 cm³/mol. The Hall–Kier alpha value is -2.15. The van der Waals surface area contributed by atoms with E-state index in [2.05, 4.69) is 9.97 Å². The smallest absolute Gasteiger partial charge is 0.326 e. The second-order valence-corrected chi connectivity index (χ2v) is 5.55. The number of amides is 1. The lowest BCUT2D eigenvalue weighted by Gasteiger charge is -2.20. The summed E-state index contributed by atoms with van der Waals surface area (Å²) in [5.74, 6) is -1.40. The molecule has 0 aliphatic rings. The Balaban J connectivity index is 2.20. The highest BCUT2D eigenvalue weighted by Gasteiger charge is 2.23. The Bertz CT molecular complexity index is 647. The molecule has 2 rings (SSSR count). The number of aromatic amines is 1. The van der Waals surface area contributed by atoms with Crippen molar-refractivity contribution < 1.29 is 14.7 Å². The van der Waals surface area contributed by atoms with Gasteiger partial charge in [-0.15, -0.1) is 11.3 Å². The van der Waals surface area contributed by atoms with Crippen LogP contribution >= 0.6 is 11.3 Å². The quantitative estimate of drug-likeness (QED) is 0.902. The van der Waals surface area contributed by atoms with Crippen molar-refractivity contribution in [3.05, 3.63) is 28.3 Å². The number of aryl methyl sites for hydroxylation is 1. The summed E-state index contributed by atoms with van der Waals surface area (Å²) in [4.78, 5) is 31.4. The highest BCUT2D eigenvalue weighted by molar-refractivity contribution is 7.09. The van der Waals surface area contributed by atoms with Gasteiger partial charge in [-0.25, -0.2) is 9.78 Å². The van der Waals surface area contributed by atoms with Gasteiger partial charge in [0.15, 0.2) is 0 Å². The Kier molecular flexibility index (Phi) is 3.89. The Morgan fingerprint density at radius 2 is 2.20 bits per heavy atom. The molecule has 1 amide bonds. The molecular formula is C13H15N3O3S. The molecule has 20 heavy (non-hydrogen) atoms. The van der Waals surface area contributed by atoms with Crippen LogP contribution in [0.1, 0.15) is 22.4 Å². The van der Waals surface area contributed by atoms with Gasteiger partial charge in [-0.05, 0) is 19.9 Å². The van der Waals surface area contributed by atoms with E-state index >= 15 is 0 Å². The lowest BCUT2D eigenvalue weighted by molar-refractivity contribution is -0.141. The van der Waals surface area contributed by atoms with Crippen LogP contribution in [0.5, 0.6) is 0 Å². The number of carboxylic acids is 1. The van der Waals surface area contributed by atoms with Crippen molar-refractivity contribution in [2.24, 2.45) is 0 Å². The Labute approximate surface area is 120 Å². The van der Waals surface area contributed by atoms with Gasteiger partial charge in [0, 0.05) is 24.2 Å². The molecule has 0 bridgehead atoms. The molecule has 0 aliphatic heterocycles. The van der Waals surface area contributed by atoms with Crippen LogP contribution in [0.25, 0.3) is 11.3 Å². The minimum absolute atomic E-state index is 0.348. The van der Waals surface area contributed by atoms with Crippen LogP contribution in [0.2, 0.25) is 0 Å². The third-order valence-corrected chi connectivity index (χ3v) is 3.86. The molecule has 0 aliphatic carbocycles. The van der Waals surface area contributed by atoms with Crippen LogP contribution in [0.4, 0.5) is 0 Å². The fraction of sp³-hybridized carbons (Fsp3) is 0.308. The summed E-state index contributed by atoms with van der Waals surface area (Å²) in [5.41, 5.74) is 1.96. The molecule has 0 saturated carbocycles. The largest absolute Gasteiger partial charge is 0.480 e. The highest BCUT2D eigenvalue weighted by Crippen LogP contribution is 2.22. The van der Waals surface area contributed by atoms with E-state index in [1.54, 1.807) is 12.3 Å². The lowest BCUT2D eigenvalue weighted by Crippen LogP contribution is -2.40. The first-order valence-corrected chi connectivity index (χ1v) is 6.89. The van der Waals surface area contributed by atoms with Gasteiger partial charge in [-0.1, -0.05) is 0 Å². The number of nitrogens with zero attached hydrogens (tertiary/aromatic N) is 2. The zero-order valence-corrected chi connectivity index (χ0v) is 12.2. The van der Waals surface area contributed by atoms with E-state index in [1.807, 2.05) is 12.3 Å². The van der Waals surface area contributed by atoms with Gasteiger partial charge in [0.05, 0.1) is 10.7 Å². The van der Waals surface area contributed by atoms with Gasteiger partial charge in [0.2, 0.25) is 0 Å². The number of nitrogens with one attached hydrogen (secondary N) is 1. The minimum atomic E-state index is -1.04. The van der Waals surface area contributed by atoms with Crippen molar-refractivity contribution in [2.45, 2.75) is 19.9 Å². The molecule has 7 heteroatoms. The first kappa shape index (κ1) is 14.3. The number of H-pyrrole nitrogens is 1. The van der Waals surface area contributed by atoms with Crippen molar-refractivity contribution in [3.63, 3.8) is 0 Å². The van der Waals surface area contributed by atoms with Crippen LogP contribution in [0.3, 0.4) is 0 Å². The number of carbonyl (C=O) groups excluding carboxylic acids is 1. The zero-order chi connectivity index (χ0) is 14.9. The van der Waals surface area contributed by atoms with E-state index in [-0.39, 0.29) is 5.91 Å². The fourth-order valence-corrected chi connectivity index (χ4v) is 2.32. The van der Waals surface area contributed by atoms with Crippen LogP contribution in [0, 0.1) is 6.92 Å². The molecule has 2 aromatic rings. The summed E-state index contributed by atoms with van der Waals surface area (Å²) < 4.78 is 0. The molecule has 0 saturated heterocycles. The van der Waals surface area contributed by atoms with E-state index in [1.165, 1.54) is 30.2 Å². The molecule has 0 aromatic carbocycles. The molecule has 0 fully saturated rings. The van der Waals surface area contributed by atoms with E-state index in [0.717, 1.165) is 16.3 Å². The highest BCUT2D eigenvalue weighted by atomic mass is 32.1. The molecule has 6 nitrogen and oxygen atoms in total. The number of hydrogen-bond donors (Lipinski definition) is 2. The topological polar surface area (TPSA) is 86.3 Å². The number of rotatable bonds is 4. The molecule has 2 aromatic heterocycles. The SMILES string of the molecule is Cc1nc(-c2c[nH]c(C(=O)N(C)C(C)C(=O)O)c2)cs1. The van der Waals surface area contributed by atoms with Gasteiger partial charge in [-0.2, -0.15) is 0 Å². The van der Waals surface area contributed by atoms with Crippen molar-refractivity contribution >= 4 is 23.2 Å². The van der Waals surface area contributed by atoms with Gasteiger partial charge >= 0.3 is 5.97 Å². The predicted octanol–water partition coefficient (Wildman–Crippen LogP) is 1.99. The zero-order valence-electron chi connectivity index (χ0n) is 11.4. The van der Waals surface area contributed by atoms with Crippen molar-refractivity contribution in [1.29, 1.82) is 0 Å². The van der Waals surface area contributed by atoms with Crippen molar-refractivity contribution in [1.82, 2.24) is 14.9 Å². The molecular weight excluding hydrogens is 278 g/mol. The van der Waals surface area contributed by atoms with Gasteiger partial charge < -0.3 is 15.0 Å². The van der Waals surface area contributed by atoms with Crippen LogP contribution in [-0.4, -0.2) is 44.9 Å². The molecule has 1 unspecified atom stereocenters. The van der Waals surface area contributed by atoms with Crippen molar-refractivity contribution in [2.75, 3.05) is 7.05 Å². The molecule has 106 valence electrons. The first-order valence-electron chi connectivity index (χ1n) is 6.01. The second kappa shape index (κ2) is 5.46. The molecule has 0 radical (unpaired) electrons. The van der Waals surface area contributed by atoms with Crippen LogP contribution < -0.4 is 0 Å². The van der Waals surface area contributed by atoms with Crippen LogP contribution in [-0.2, 0) is 4.79 Å². The molecule has 2 N–H and O–H groups in total. The van der Waals surface area contributed by atoms with E-state index in [4.69, 9.17) is 5.11 Å². The van der Waals surface area contributed by atoms with Crippen LogP contribution in [0.15, 0.2) is 17.6 Å². The second-order valence-electron chi connectivity index (χ2n) is 4.48. The number of likely N-dealkylation sites (N-methyl/N-ethyl adjacent to an activating group) is 1. The average molecular weight is 293 g/mol. The van der Waals surface area contributed by atoms with Gasteiger partial charge in [0.1, 0.15) is 11.7 Å². The number of carbonyl (C=O) groups is 2. The maximum Gasteiger partial charge on any atom is 0.326 e. The maximum atomic E-state index is 12.2. The maximum absolute atomic E-state index is 12.2. The number of aliphatic carboxylic acids is 1. The molecule has 0 spiro atoms. The summed E-state index contributed by atoms with van der Waals surface area (Å²) in [5, 5.41) is 11.8. The number of hydrogen-bond acceptors (Lipinski definition) is 4. The standard InChI is InChI=1S/C13H15N3O3S/c1-7(13(18)19)16(3)12(17)10-4-9(5-14-10)11-6-20-8(2)15-11/h4-7,14H,1-3H3,(H,18,19). The van der Waals surface area contributed by atoms with Crippen molar-refractivity contribution in [3.8, 4) is 11.3 Å². The minimum Gasteiger partial charge on any atom is -0.480 e. The van der Waals surface area contributed by atoms with E-state index in [9.17, 15) is 9.59 Å². The lowest BCUT2D eigenvalue weighted by atomic mass is 10.2. The Morgan fingerprint density at radius 3 is 2.75 bits per heavy atom. The van der Waals surface area contributed by atoms with Gasteiger partial charge in [0.25, 0.3) is 5.91 Å². The van der Waals surface area contributed by atoms with E-state index < -0.39 is 12.0 Å². The fourth-order valence-electron chi connectivity index (χ4n) is 1.69. The summed E-state index contributed by atoms with van der Waals surface area (Å²) in [6.45, 7) is 3.38. The average Bonchev–Trinajstić information content (AvgIpc) is 3.04. The number of carboxylic acid groups (broad SMARTS) is 1. The summed E-state index contributed by atoms with van der Waals surface area (Å²) in [7, 11) is 1.47. The number of aromatic nitrogens is 2. The summed E-state index contributed by atoms with van der Waals surface area (Å²) in [6.07, 6.45) is 1.70. The molecule has 2 heterocycles. The normalized spacial score (nSPS) is 12.2. The third-order valence-electron chi connectivity index (χ3n) is 3.09. The third kappa shape index (κ3) is 2.72. The number of thiazole rings is 1. The Morgan fingerprint density at radius 1 is 1.50 bits per heavy atom. The summed E-state index contributed by atoms with van der Waals surface area (Å²) in [6, 6.07) is 0.804. The first-order chi connectivity index (χ1) is 9.40. The van der Waals surface area contributed by atoms with E-state index in [0.29, 0.717) is 5.69 Å². The molecule has 1 atom stereocenters. The monoisotopic (exact) mass is 293 g/mol. The summed E-state index contributed by atoms with van der Waals surface area (Å²) >= 11 is 1.53. The van der Waals surface area contributed by atoms with Gasteiger partial charge in [-0.3, -0.25) is 4.79 Å².